The second-order valence-electron chi connectivity index (χ2n) is 7.54. The third-order valence-electron chi connectivity index (χ3n) is 4.86. The SMILES string of the molecule is NCCOCCOCCN1CC(C(=O)NCCCc2ccc(Cl)c(Cl)c2)=C(OC(=O)C(F)(F)F)C1=O. The predicted octanol–water partition coefficient (Wildman–Crippen LogP) is 2.24. The van der Waals surface area contributed by atoms with Gasteiger partial charge in [-0.05, 0) is 30.5 Å². The molecule has 0 saturated heterocycles. The first-order valence-corrected chi connectivity index (χ1v) is 11.7. The van der Waals surface area contributed by atoms with E-state index >= 15 is 0 Å². The van der Waals surface area contributed by atoms with Gasteiger partial charge in [0.05, 0.1) is 48.6 Å². The van der Waals surface area contributed by atoms with Gasteiger partial charge in [0, 0.05) is 19.6 Å². The second-order valence-corrected chi connectivity index (χ2v) is 8.36. The average molecular weight is 556 g/mol. The lowest BCUT2D eigenvalue weighted by atomic mass is 10.1. The summed E-state index contributed by atoms with van der Waals surface area (Å²) in [5.41, 5.74) is 5.78. The molecule has 0 atom stereocenters. The fourth-order valence-electron chi connectivity index (χ4n) is 3.09. The lowest BCUT2D eigenvalue weighted by molar-refractivity contribution is -0.196. The van der Waals surface area contributed by atoms with E-state index in [0.29, 0.717) is 36.0 Å². The maximum Gasteiger partial charge on any atom is 0.491 e. The van der Waals surface area contributed by atoms with Gasteiger partial charge in [0.25, 0.3) is 11.8 Å². The van der Waals surface area contributed by atoms with Gasteiger partial charge in [-0.3, -0.25) is 9.59 Å². The highest BCUT2D eigenvalue weighted by molar-refractivity contribution is 6.42. The van der Waals surface area contributed by atoms with E-state index in [1.54, 1.807) is 18.2 Å². The van der Waals surface area contributed by atoms with Gasteiger partial charge < -0.3 is 30.2 Å². The van der Waals surface area contributed by atoms with Crippen LogP contribution in [0.25, 0.3) is 0 Å². The minimum absolute atomic E-state index is 0.0246. The Bertz CT molecular complexity index is 975. The number of benzene rings is 1. The molecule has 0 bridgehead atoms. The standard InChI is InChI=1S/C22H26Cl2F3N3O6/c23-16-4-3-14(12-17(16)24)2-1-6-29-19(31)15-13-30(7-9-35-11-10-34-8-5-28)20(32)18(15)36-21(33)22(25,26)27/h3-4,12H,1-2,5-11,13,28H2,(H,29,31). The average Bonchev–Trinajstić information content (AvgIpc) is 3.13. The third-order valence-corrected chi connectivity index (χ3v) is 5.60. The first kappa shape index (κ1) is 29.8. The maximum absolute atomic E-state index is 12.7. The Morgan fingerprint density at radius 2 is 1.78 bits per heavy atom. The number of aryl methyl sites for hydroxylation is 1. The summed E-state index contributed by atoms with van der Waals surface area (Å²) in [6.07, 6.45) is -4.34. The molecule has 0 radical (unpaired) electrons. The zero-order valence-electron chi connectivity index (χ0n) is 19.2. The zero-order chi connectivity index (χ0) is 26.7. The van der Waals surface area contributed by atoms with Gasteiger partial charge >= 0.3 is 12.1 Å². The van der Waals surface area contributed by atoms with E-state index in [9.17, 15) is 27.6 Å². The van der Waals surface area contributed by atoms with Crippen LogP contribution in [0.3, 0.4) is 0 Å². The van der Waals surface area contributed by atoms with E-state index in [-0.39, 0.29) is 45.0 Å². The van der Waals surface area contributed by atoms with Crippen LogP contribution in [0.4, 0.5) is 13.2 Å². The summed E-state index contributed by atoms with van der Waals surface area (Å²) in [5, 5.41) is 3.32. The number of esters is 1. The molecule has 14 heteroatoms. The van der Waals surface area contributed by atoms with Crippen LogP contribution in [0.1, 0.15) is 12.0 Å². The number of amides is 2. The van der Waals surface area contributed by atoms with Gasteiger partial charge in [-0.15, -0.1) is 0 Å². The lowest BCUT2D eigenvalue weighted by Gasteiger charge is -2.16. The van der Waals surface area contributed by atoms with E-state index in [2.05, 4.69) is 10.1 Å². The molecule has 9 nitrogen and oxygen atoms in total. The Hall–Kier alpha value is -2.38. The Morgan fingerprint density at radius 3 is 2.42 bits per heavy atom. The number of ether oxygens (including phenoxy) is 3. The smallest absolute Gasteiger partial charge is 0.413 e. The molecule has 3 N–H and O–H groups in total. The summed E-state index contributed by atoms with van der Waals surface area (Å²) < 4.78 is 52.9. The summed E-state index contributed by atoms with van der Waals surface area (Å²) >= 11 is 11.8. The van der Waals surface area contributed by atoms with Crippen molar-refractivity contribution in [1.82, 2.24) is 10.2 Å². The molecule has 0 aromatic heterocycles. The molecule has 1 aliphatic rings. The van der Waals surface area contributed by atoms with Gasteiger partial charge in [0.2, 0.25) is 5.76 Å². The highest BCUT2D eigenvalue weighted by atomic mass is 35.5. The third kappa shape index (κ3) is 9.25. The quantitative estimate of drug-likeness (QED) is 0.267. The summed E-state index contributed by atoms with van der Waals surface area (Å²) in [7, 11) is 0. The number of carbonyl (C=O) groups excluding carboxylic acids is 3. The Labute approximate surface area is 215 Å². The van der Waals surface area contributed by atoms with E-state index in [1.165, 1.54) is 0 Å². The molecule has 36 heavy (non-hydrogen) atoms. The van der Waals surface area contributed by atoms with Crippen LogP contribution in [-0.4, -0.2) is 81.5 Å². The maximum atomic E-state index is 12.7. The number of halogens is 5. The number of nitrogens with one attached hydrogen (secondary N) is 1. The number of alkyl halides is 3. The van der Waals surface area contributed by atoms with Crippen molar-refractivity contribution in [3.63, 3.8) is 0 Å². The van der Waals surface area contributed by atoms with Crippen molar-refractivity contribution in [2.45, 2.75) is 19.0 Å². The molecule has 0 spiro atoms. The minimum atomic E-state index is -5.34. The van der Waals surface area contributed by atoms with Crippen molar-refractivity contribution in [3.05, 3.63) is 45.1 Å². The fraction of sp³-hybridized carbons (Fsp3) is 0.500. The summed E-state index contributed by atoms with van der Waals surface area (Å²) in [4.78, 5) is 37.6. The number of nitrogens with two attached hydrogens (primary N) is 1. The van der Waals surface area contributed by atoms with Gasteiger partial charge in [-0.25, -0.2) is 4.79 Å². The Kier molecular flexibility index (Phi) is 11.9. The first-order valence-electron chi connectivity index (χ1n) is 10.9. The molecule has 1 heterocycles. The van der Waals surface area contributed by atoms with Crippen molar-refractivity contribution < 1.29 is 41.8 Å². The van der Waals surface area contributed by atoms with E-state index in [1.807, 2.05) is 0 Å². The van der Waals surface area contributed by atoms with Crippen LogP contribution in [0.2, 0.25) is 10.0 Å². The summed E-state index contributed by atoms with van der Waals surface area (Å²) in [5.74, 6) is -5.38. The highest BCUT2D eigenvalue weighted by Gasteiger charge is 2.45. The fourth-order valence-corrected chi connectivity index (χ4v) is 3.42. The molecular weight excluding hydrogens is 530 g/mol. The number of nitrogens with zero attached hydrogens (tertiary/aromatic N) is 1. The molecule has 1 aromatic rings. The van der Waals surface area contributed by atoms with Crippen molar-refractivity contribution in [3.8, 4) is 0 Å². The number of hydrogen-bond acceptors (Lipinski definition) is 7. The van der Waals surface area contributed by atoms with E-state index in [4.69, 9.17) is 38.4 Å². The molecule has 0 fully saturated rings. The molecule has 0 saturated carbocycles. The Balaban J connectivity index is 1.95. The van der Waals surface area contributed by atoms with Crippen molar-refractivity contribution in [2.75, 3.05) is 52.6 Å². The predicted molar refractivity (Wildman–Crippen MR) is 124 cm³/mol. The van der Waals surface area contributed by atoms with Crippen LogP contribution >= 0.6 is 23.2 Å². The van der Waals surface area contributed by atoms with Crippen LogP contribution in [-0.2, 0) is 35.0 Å². The zero-order valence-corrected chi connectivity index (χ0v) is 20.7. The second kappa shape index (κ2) is 14.4. The molecule has 2 rings (SSSR count). The number of hydrogen-bond donors (Lipinski definition) is 2. The van der Waals surface area contributed by atoms with Gasteiger partial charge in [-0.1, -0.05) is 29.3 Å². The molecule has 1 aliphatic heterocycles. The van der Waals surface area contributed by atoms with Crippen molar-refractivity contribution in [2.24, 2.45) is 5.73 Å². The van der Waals surface area contributed by atoms with Crippen LogP contribution in [0.15, 0.2) is 29.5 Å². The molecule has 200 valence electrons. The lowest BCUT2D eigenvalue weighted by Crippen LogP contribution is -2.33. The van der Waals surface area contributed by atoms with E-state index in [0.717, 1.165) is 10.5 Å². The van der Waals surface area contributed by atoms with Gasteiger partial charge in [-0.2, -0.15) is 13.2 Å². The monoisotopic (exact) mass is 555 g/mol. The normalized spacial score (nSPS) is 13.9. The topological polar surface area (TPSA) is 120 Å². The first-order chi connectivity index (χ1) is 17.0. The number of rotatable bonds is 14. The van der Waals surface area contributed by atoms with Crippen molar-refractivity contribution in [1.29, 1.82) is 0 Å². The number of carbonyl (C=O) groups is 3. The van der Waals surface area contributed by atoms with Crippen LogP contribution in [0, 0.1) is 0 Å². The molecule has 2 amide bonds. The molecule has 0 aliphatic carbocycles. The minimum Gasteiger partial charge on any atom is -0.413 e. The molecule has 1 aromatic carbocycles. The van der Waals surface area contributed by atoms with Crippen molar-refractivity contribution >= 4 is 41.0 Å². The molecule has 0 unspecified atom stereocenters. The van der Waals surface area contributed by atoms with Gasteiger partial charge in [0.1, 0.15) is 0 Å². The largest absolute Gasteiger partial charge is 0.491 e. The van der Waals surface area contributed by atoms with Crippen LogP contribution < -0.4 is 11.1 Å². The molecular formula is C22H26Cl2F3N3O6. The summed E-state index contributed by atoms with van der Waals surface area (Å²) in [6, 6.07) is 5.09. The van der Waals surface area contributed by atoms with Crippen LogP contribution in [0.5, 0.6) is 0 Å². The van der Waals surface area contributed by atoms with E-state index < -0.39 is 29.7 Å². The Morgan fingerprint density at radius 1 is 1.08 bits per heavy atom. The highest BCUT2D eigenvalue weighted by Crippen LogP contribution is 2.26. The summed E-state index contributed by atoms with van der Waals surface area (Å²) in [6.45, 7) is 0.971. The van der Waals surface area contributed by atoms with Gasteiger partial charge in [0.15, 0.2) is 0 Å².